The Bertz CT molecular complexity index is 4340. The number of hydrogen-bond donors (Lipinski definition) is 0. The molecular formula is C79H92N6O10. The molecule has 0 bridgehead atoms. The number of ether oxygens (including phenoxy) is 8. The van der Waals surface area contributed by atoms with Crippen LogP contribution in [0.4, 0.5) is 0 Å². The van der Waals surface area contributed by atoms with Crippen LogP contribution in [0.15, 0.2) is 160 Å². The second-order valence-electron chi connectivity index (χ2n) is 23.4. The van der Waals surface area contributed by atoms with E-state index >= 15 is 0 Å². The van der Waals surface area contributed by atoms with Crippen molar-refractivity contribution in [1.82, 2.24) is 28.7 Å². The molecule has 10 aromatic rings. The molecule has 16 nitrogen and oxygen atoms in total. The third-order valence-corrected chi connectivity index (χ3v) is 16.7. The molecule has 0 saturated heterocycles. The lowest BCUT2D eigenvalue weighted by molar-refractivity contribution is 0.0504. The van der Waals surface area contributed by atoms with Crippen LogP contribution in [0.1, 0.15) is 113 Å². The number of rotatable bonds is 34. The lowest BCUT2D eigenvalue weighted by atomic mass is 9.94. The van der Waals surface area contributed by atoms with E-state index < -0.39 is 0 Å². The van der Waals surface area contributed by atoms with Gasteiger partial charge in [0.25, 0.3) is 0 Å². The molecular weight excluding hydrogens is 1190 g/mol. The Labute approximate surface area is 558 Å². The maximum Gasteiger partial charge on any atom is 0.355 e. The van der Waals surface area contributed by atoms with Crippen LogP contribution >= 0.6 is 0 Å². The normalized spacial score (nSPS) is 11.4. The maximum absolute atomic E-state index is 13.8. The molecule has 16 heteroatoms. The quantitative estimate of drug-likeness (QED) is 0.0214. The van der Waals surface area contributed by atoms with Crippen molar-refractivity contribution >= 4 is 55.3 Å². The van der Waals surface area contributed by atoms with Crippen LogP contribution in [0, 0.1) is 13.8 Å². The molecule has 0 aliphatic carbocycles. The molecule has 0 atom stereocenters. The van der Waals surface area contributed by atoms with E-state index in [-0.39, 0.29) is 31.3 Å². The summed E-state index contributed by atoms with van der Waals surface area (Å²) in [7, 11) is 3.86. The average molecular weight is 1290 g/mol. The van der Waals surface area contributed by atoms with Crippen molar-refractivity contribution in [3.05, 3.63) is 216 Å². The highest BCUT2D eigenvalue weighted by Crippen LogP contribution is 2.44. The Morgan fingerprint density at radius 3 is 1.34 bits per heavy atom. The van der Waals surface area contributed by atoms with Crippen molar-refractivity contribution in [2.75, 3.05) is 46.2 Å². The Balaban J connectivity index is 0.000000223. The number of esters is 2. The molecule has 4 heterocycles. The number of allylic oxidation sites excluding steroid dienone is 2. The Hall–Kier alpha value is -9.32. The van der Waals surface area contributed by atoms with E-state index in [1.165, 1.54) is 0 Å². The summed E-state index contributed by atoms with van der Waals surface area (Å²) in [6.45, 7) is 34.7. The summed E-state index contributed by atoms with van der Waals surface area (Å²) in [6, 6.07) is 37.1. The number of benzene rings is 6. The van der Waals surface area contributed by atoms with E-state index in [0.29, 0.717) is 110 Å². The van der Waals surface area contributed by atoms with Gasteiger partial charge in [-0.25, -0.2) is 9.59 Å². The number of carbonyl (C=O) groups excluding carboxylic acids is 2. The van der Waals surface area contributed by atoms with Crippen LogP contribution in [0.5, 0.6) is 11.5 Å². The second kappa shape index (κ2) is 33.7. The van der Waals surface area contributed by atoms with E-state index in [0.717, 1.165) is 122 Å². The minimum Gasteiger partial charge on any atom is -0.493 e. The van der Waals surface area contributed by atoms with Gasteiger partial charge in [0.1, 0.15) is 22.9 Å². The van der Waals surface area contributed by atoms with Crippen LogP contribution in [0.25, 0.3) is 65.6 Å². The molecule has 0 fully saturated rings. The minimum atomic E-state index is -0.354. The number of fused-ring (bicyclic) bond motifs is 4. The zero-order valence-electron chi connectivity index (χ0n) is 56.9. The van der Waals surface area contributed by atoms with Gasteiger partial charge in [-0.05, 0) is 119 Å². The average Bonchev–Trinajstić information content (AvgIpc) is 1.59. The Kier molecular flexibility index (Phi) is 24.8. The minimum absolute atomic E-state index is 0.0277. The van der Waals surface area contributed by atoms with Crippen LogP contribution < -0.4 is 9.47 Å². The van der Waals surface area contributed by atoms with Crippen LogP contribution in [-0.4, -0.2) is 93.0 Å². The van der Waals surface area contributed by atoms with Crippen molar-refractivity contribution in [2.24, 2.45) is 14.1 Å². The summed E-state index contributed by atoms with van der Waals surface area (Å²) >= 11 is 0. The van der Waals surface area contributed by atoms with Crippen LogP contribution in [0.3, 0.4) is 0 Å². The zero-order chi connectivity index (χ0) is 67.5. The van der Waals surface area contributed by atoms with Crippen molar-refractivity contribution in [3.63, 3.8) is 0 Å². The maximum atomic E-state index is 13.8. The summed E-state index contributed by atoms with van der Waals surface area (Å²) in [4.78, 5) is 27.5. The molecule has 0 spiro atoms. The van der Waals surface area contributed by atoms with Gasteiger partial charge in [0.2, 0.25) is 0 Å². The fraction of sp³-hybridized carbons (Fsp3) is 0.342. The summed E-state index contributed by atoms with van der Waals surface area (Å²) in [5, 5.41) is 16.2. The predicted molar refractivity (Wildman–Crippen MR) is 381 cm³/mol. The predicted octanol–water partition coefficient (Wildman–Crippen LogP) is 16.6. The fourth-order valence-corrected chi connectivity index (χ4v) is 12.6. The first-order valence-electron chi connectivity index (χ1n) is 33.0. The van der Waals surface area contributed by atoms with Gasteiger partial charge in [-0.2, -0.15) is 10.2 Å². The highest BCUT2D eigenvalue weighted by atomic mass is 16.5. The van der Waals surface area contributed by atoms with Gasteiger partial charge in [0.15, 0.2) is 0 Å². The molecule has 95 heavy (non-hydrogen) atoms. The van der Waals surface area contributed by atoms with Crippen LogP contribution in [-0.2, 0) is 94.9 Å². The molecule has 0 radical (unpaired) electrons. The van der Waals surface area contributed by atoms with Crippen molar-refractivity contribution in [3.8, 4) is 33.8 Å². The van der Waals surface area contributed by atoms with Gasteiger partial charge in [-0.15, -0.1) is 26.3 Å². The van der Waals surface area contributed by atoms with Crippen molar-refractivity contribution < 1.29 is 47.5 Å². The molecule has 4 aromatic heterocycles. The molecule has 0 aliphatic rings. The topological polar surface area (TPSA) is 153 Å². The SMILES string of the molecule is C=CCOCc1c(-c2c(C)ccc3c(CCCOc4cccc5ccccc45)c(C(=O)OCC)n(CC=C)c23)c(COC(C)C)nn1C.C=CCOCc1c(-c2c(C)ccc3c(CCCOc4cccc5ccccc45)c(C(=O)OCC)n(CC=C)c23)c(COCC)nn1C. The number of carbonyl (C=O) groups is 2. The first-order valence-corrected chi connectivity index (χ1v) is 33.0. The second-order valence-corrected chi connectivity index (χ2v) is 23.4. The molecule has 498 valence electrons. The molecule has 0 saturated carbocycles. The van der Waals surface area contributed by atoms with E-state index in [2.05, 4.69) is 110 Å². The standard InChI is InChI=1S/C40H47N3O5.C39H45N3O5/c1-8-22-43-38-32(21-20-28(6)36(38)37-33(25-48-27(4)5)41-42(7)34(37)26-45-23-9-2)31(39(43)40(44)46-10-3)18-14-24-47-35-19-13-16-29-15-11-12-17-30(29)35;1-7-22-42-37-31(21-20-27(5)35(37)36-32(25-44-9-3)40-41(6)33(36)26-45-23-8-2)30(38(42)39(43)46-10-4)18-14-24-47-34-19-13-16-28-15-11-12-17-29(28)34/h8-9,11-13,15-17,19-21,27H,1-2,10,14,18,22-26H2,3-7H3;7-8,11-13,15-17,19-21H,1-2,9-10,14,18,22-26H2,3-6H3. The summed E-state index contributed by atoms with van der Waals surface area (Å²) in [6.07, 6.45) is 9.79. The summed E-state index contributed by atoms with van der Waals surface area (Å²) in [5.74, 6) is 0.998. The molecule has 0 unspecified atom stereocenters. The van der Waals surface area contributed by atoms with Gasteiger partial charge in [-0.3, -0.25) is 9.36 Å². The van der Waals surface area contributed by atoms with Gasteiger partial charge in [0.05, 0.1) is 106 Å². The summed E-state index contributed by atoms with van der Waals surface area (Å²) in [5.41, 5.74) is 14.3. The smallest absolute Gasteiger partial charge is 0.355 e. The molecule has 6 aromatic carbocycles. The Morgan fingerprint density at radius 1 is 0.495 bits per heavy atom. The van der Waals surface area contributed by atoms with Crippen molar-refractivity contribution in [1.29, 1.82) is 0 Å². The molecule has 0 N–H and O–H groups in total. The summed E-state index contributed by atoms with van der Waals surface area (Å²) < 4.78 is 55.7. The first-order chi connectivity index (χ1) is 46.2. The Morgan fingerprint density at radius 2 is 0.926 bits per heavy atom. The van der Waals surface area contributed by atoms with Crippen molar-refractivity contribution in [2.45, 2.75) is 120 Å². The van der Waals surface area contributed by atoms with E-state index in [9.17, 15) is 9.59 Å². The van der Waals surface area contributed by atoms with E-state index in [4.69, 9.17) is 48.1 Å². The number of aryl methyl sites for hydroxylation is 6. The zero-order valence-corrected chi connectivity index (χ0v) is 56.9. The van der Waals surface area contributed by atoms with Crippen LogP contribution in [0.2, 0.25) is 0 Å². The highest BCUT2D eigenvalue weighted by molar-refractivity contribution is 6.07. The van der Waals surface area contributed by atoms with Gasteiger partial charge in [0, 0.05) is 77.6 Å². The molecule has 0 aliphatic heterocycles. The third kappa shape index (κ3) is 15.8. The molecule has 0 amide bonds. The van der Waals surface area contributed by atoms with Gasteiger partial charge >= 0.3 is 11.9 Å². The first kappa shape index (κ1) is 70.0. The lowest BCUT2D eigenvalue weighted by Crippen LogP contribution is -2.14. The highest BCUT2D eigenvalue weighted by Gasteiger charge is 2.32. The third-order valence-electron chi connectivity index (χ3n) is 16.7. The van der Waals surface area contributed by atoms with Gasteiger partial charge < -0.3 is 47.0 Å². The van der Waals surface area contributed by atoms with E-state index in [1.54, 1.807) is 12.2 Å². The lowest BCUT2D eigenvalue weighted by Gasteiger charge is -2.16. The van der Waals surface area contributed by atoms with E-state index in [1.807, 2.05) is 119 Å². The van der Waals surface area contributed by atoms with Gasteiger partial charge in [-0.1, -0.05) is 121 Å². The monoisotopic (exact) mass is 1280 g/mol. The number of aromatic nitrogens is 6. The number of nitrogens with zero attached hydrogens (tertiary/aromatic N) is 6. The molecule has 10 rings (SSSR count). The number of hydrogen-bond acceptors (Lipinski definition) is 12. The largest absolute Gasteiger partial charge is 0.493 e. The fourth-order valence-electron chi connectivity index (χ4n) is 12.6.